The molecule has 0 aliphatic carbocycles. The third-order valence-electron chi connectivity index (χ3n) is 20.9. The monoisotopic (exact) mass is 1520 g/mol. The molecule has 2 unspecified atom stereocenters. The Labute approximate surface area is 617 Å². The summed E-state index contributed by atoms with van der Waals surface area (Å²) >= 11 is 0. The van der Waals surface area contributed by atoms with Crippen LogP contribution in [0.3, 0.4) is 0 Å². The maximum Gasteiger partial charge on any atom is 0.187 e. The summed E-state index contributed by atoms with van der Waals surface area (Å²) in [5.41, 5.74) is 0. The molecule has 14 bridgehead atoms. The maximum atomic E-state index is 12.3. The SMILES string of the molecule is CCCCNC[C@H]1O[C@@H]2O[C@H]3[C@H](O)[C@@H](O)[C@@H](O[C@H]4[C@H](O)[C@@H](O)[C@@H](O[C@H]5[C@H](O)[C@@H](O)[C@@H](O[C@H]6[C@H](O)C(O)[C@@H](O[C@H]7[C@H](O)[C@@H](O)[C@@H](O[C@H]8[C@H](O)C(O)[C@@H](O[C@H]1[C@H](O)[C@H]2O)O[C@@H]8CNCCCC)O[C@@H]7CNCCCC)O[C@@H]6CNCCCC)O[C@@H]5CNCCCC)O[C@@H]4CNCCCC)O[C@@H]3CNCCCC. The molecule has 0 amide bonds. The third kappa shape index (κ3) is 23.9. The molecule has 21 rings (SSSR count). The van der Waals surface area contributed by atoms with E-state index in [0.717, 1.165) is 89.9 Å². The Hall–Kier alpha value is -1.40. The van der Waals surface area contributed by atoms with Gasteiger partial charge in [0, 0.05) is 45.8 Å². The van der Waals surface area contributed by atoms with E-state index >= 15 is 0 Å². The standard InChI is InChI=1S/C70H133N7O28/c1-8-15-22-71-29-36-57-43(78)50(85)64(92-36)100-58-37(30-72-23-16-9-2)94-66(52(87)45(58)80)102-60-39(32-74-25-18-11-4)96-68(54(89)47(60)82)104-62-41(34-76-27-20-13-6)98-70(56(91)49(62)84)105-63-42(35-77-28-21-14-7)97-69(55(90)48(63)83)103-61-40(33-75-26-19-12-5)95-67(53(88)46(61)81)101-59-38(31-73-24-17-10-3)93-65(99-57)51(86)44(59)79/h36-91H,8-35H2,1-7H3/t36-,37-,38-,39-,40-,41-,42-,43-,44-,45-,46-,47-,48-,49-,50-,51-,52-,53-,54?,55?,56-,57-,58-,59-,60-,61-,62-,63-,64-,65-,66-,67-,68-,69-,70-/m1/s1. The lowest BCUT2D eigenvalue weighted by atomic mass is 9.94. The fourth-order valence-electron chi connectivity index (χ4n) is 14.4. The van der Waals surface area contributed by atoms with Crippen LogP contribution in [0.1, 0.15) is 138 Å². The molecule has 21 heterocycles. The van der Waals surface area contributed by atoms with Gasteiger partial charge in [-0.3, -0.25) is 0 Å². The lowest BCUT2D eigenvalue weighted by Gasteiger charge is -2.50. The quantitative estimate of drug-likeness (QED) is 0.0263. The molecule has 0 saturated carbocycles. The maximum absolute atomic E-state index is 12.3. The van der Waals surface area contributed by atoms with Crippen molar-refractivity contribution in [1.82, 2.24) is 37.2 Å². The zero-order valence-corrected chi connectivity index (χ0v) is 62.5. The van der Waals surface area contributed by atoms with Crippen molar-refractivity contribution in [2.24, 2.45) is 0 Å². The van der Waals surface area contributed by atoms with Crippen molar-refractivity contribution in [1.29, 1.82) is 0 Å². The van der Waals surface area contributed by atoms with Gasteiger partial charge in [0.2, 0.25) is 0 Å². The highest BCUT2D eigenvalue weighted by Crippen LogP contribution is 2.39. The lowest BCUT2D eigenvalue weighted by molar-refractivity contribution is -0.392. The molecule has 21 N–H and O–H groups in total. The summed E-state index contributed by atoms with van der Waals surface area (Å²) in [6, 6.07) is 0. The second kappa shape index (κ2) is 45.5. The van der Waals surface area contributed by atoms with Crippen molar-refractivity contribution in [3.8, 4) is 0 Å². The first-order valence-corrected chi connectivity index (χ1v) is 39.3. The Morgan fingerprint density at radius 1 is 0.171 bits per heavy atom. The minimum atomic E-state index is -1.98. The van der Waals surface area contributed by atoms with Crippen LogP contribution in [0.5, 0.6) is 0 Å². The van der Waals surface area contributed by atoms with Gasteiger partial charge in [0.05, 0.1) is 0 Å². The van der Waals surface area contributed by atoms with Gasteiger partial charge in [0.15, 0.2) is 44.0 Å². The van der Waals surface area contributed by atoms with E-state index in [0.29, 0.717) is 45.8 Å². The molecule has 0 radical (unpaired) electrons. The number of aliphatic hydroxyl groups is 14. The Morgan fingerprint density at radius 3 is 0.390 bits per heavy atom. The number of unbranched alkanes of at least 4 members (excludes halogenated alkanes) is 7. The molecule has 21 aliphatic heterocycles. The van der Waals surface area contributed by atoms with E-state index < -0.39 is 215 Å². The van der Waals surface area contributed by atoms with Crippen LogP contribution in [-0.2, 0) is 66.3 Å². The Bertz CT molecular complexity index is 1930. The van der Waals surface area contributed by atoms with Crippen LogP contribution in [0.4, 0.5) is 0 Å². The van der Waals surface area contributed by atoms with Crippen molar-refractivity contribution in [2.75, 3.05) is 91.6 Å². The van der Waals surface area contributed by atoms with Gasteiger partial charge < -0.3 is 175 Å². The molecule has 21 saturated heterocycles. The van der Waals surface area contributed by atoms with Crippen molar-refractivity contribution >= 4 is 0 Å². The molecule has 35 heteroatoms. The molecule has 35 nitrogen and oxygen atoms in total. The van der Waals surface area contributed by atoms with Gasteiger partial charge in [0.25, 0.3) is 0 Å². The number of hydrogen-bond donors (Lipinski definition) is 21. The topological polar surface area (TPSA) is 497 Å². The van der Waals surface area contributed by atoms with Gasteiger partial charge in [0.1, 0.15) is 171 Å². The Morgan fingerprint density at radius 2 is 0.286 bits per heavy atom. The molecule has 0 spiro atoms. The summed E-state index contributed by atoms with van der Waals surface area (Å²) < 4.78 is 90.6. The van der Waals surface area contributed by atoms with Crippen LogP contribution < -0.4 is 37.2 Å². The molecular weight excluding hydrogens is 1390 g/mol. The van der Waals surface area contributed by atoms with Crippen LogP contribution >= 0.6 is 0 Å². The molecule has 0 aromatic rings. The Balaban J connectivity index is 1.19. The zero-order valence-electron chi connectivity index (χ0n) is 62.5. The number of rotatable bonds is 35. The highest BCUT2D eigenvalue weighted by molar-refractivity contribution is 5.03. The van der Waals surface area contributed by atoms with Crippen molar-refractivity contribution in [3.63, 3.8) is 0 Å². The molecule has 21 fully saturated rings. The molecule has 21 aliphatic rings. The second-order valence-electron chi connectivity index (χ2n) is 29.3. The summed E-state index contributed by atoms with van der Waals surface area (Å²) in [5.74, 6) is 0. The molecule has 616 valence electrons. The second-order valence-corrected chi connectivity index (χ2v) is 29.3. The molecular formula is C70H133N7O28. The highest BCUT2D eigenvalue weighted by atomic mass is 16.8. The predicted octanol–water partition coefficient (Wildman–Crippen LogP) is -5.45. The lowest BCUT2D eigenvalue weighted by Crippen LogP contribution is -2.69. The third-order valence-corrected chi connectivity index (χ3v) is 20.9. The van der Waals surface area contributed by atoms with Crippen LogP contribution in [-0.4, -0.2) is 378 Å². The number of nitrogens with one attached hydrogen (secondary N) is 7. The average Bonchev–Trinajstić information content (AvgIpc) is 0.793. The first-order valence-electron chi connectivity index (χ1n) is 39.3. The first kappa shape index (κ1) is 89.2. The van der Waals surface area contributed by atoms with Crippen LogP contribution in [0.25, 0.3) is 0 Å². The highest BCUT2D eigenvalue weighted by Gasteiger charge is 2.60. The summed E-state index contributed by atoms with van der Waals surface area (Å²) in [6.45, 7) is 16.8. The van der Waals surface area contributed by atoms with Gasteiger partial charge in [-0.2, -0.15) is 0 Å². The van der Waals surface area contributed by atoms with E-state index in [-0.39, 0.29) is 45.8 Å². The minimum Gasteiger partial charge on any atom is -0.387 e. The van der Waals surface area contributed by atoms with Gasteiger partial charge >= 0.3 is 0 Å². The summed E-state index contributed by atoms with van der Waals surface area (Å²) in [7, 11) is 0. The average molecular weight is 1520 g/mol. The van der Waals surface area contributed by atoms with E-state index in [1.165, 1.54) is 0 Å². The van der Waals surface area contributed by atoms with Crippen LogP contribution in [0.15, 0.2) is 0 Å². The summed E-state index contributed by atoms with van der Waals surface area (Å²) in [5, 5.41) is 194. The fourth-order valence-corrected chi connectivity index (χ4v) is 14.4. The minimum absolute atomic E-state index is 0.0550. The van der Waals surface area contributed by atoms with Crippen LogP contribution in [0, 0.1) is 0 Å². The van der Waals surface area contributed by atoms with E-state index in [1.54, 1.807) is 0 Å². The number of ether oxygens (including phenoxy) is 14. The fraction of sp³-hybridized carbons (Fsp3) is 1.00. The van der Waals surface area contributed by atoms with Gasteiger partial charge in [-0.25, -0.2) is 0 Å². The van der Waals surface area contributed by atoms with E-state index in [2.05, 4.69) is 37.2 Å². The molecule has 0 aromatic carbocycles. The largest absolute Gasteiger partial charge is 0.387 e. The number of hydrogen-bond acceptors (Lipinski definition) is 35. The molecule has 35 atom stereocenters. The zero-order chi connectivity index (χ0) is 75.9. The van der Waals surface area contributed by atoms with E-state index in [9.17, 15) is 71.5 Å². The first-order chi connectivity index (χ1) is 50.7. The summed E-state index contributed by atoms with van der Waals surface area (Å²) in [6.07, 6.45) is -48.4. The smallest absolute Gasteiger partial charge is 0.187 e. The van der Waals surface area contributed by atoms with Crippen LogP contribution in [0.2, 0.25) is 0 Å². The van der Waals surface area contributed by atoms with E-state index in [4.69, 9.17) is 66.3 Å². The van der Waals surface area contributed by atoms with Gasteiger partial charge in [-0.1, -0.05) is 93.4 Å². The van der Waals surface area contributed by atoms with Crippen molar-refractivity contribution < 1.29 is 138 Å². The molecule has 0 aromatic heterocycles. The van der Waals surface area contributed by atoms with E-state index in [1.807, 2.05) is 48.5 Å². The van der Waals surface area contributed by atoms with Gasteiger partial charge in [-0.05, 0) is 90.8 Å². The van der Waals surface area contributed by atoms with Gasteiger partial charge in [-0.15, -0.1) is 0 Å². The number of aliphatic hydroxyl groups excluding tert-OH is 14. The van der Waals surface area contributed by atoms with Crippen molar-refractivity contribution in [3.05, 3.63) is 0 Å². The Kier molecular flexibility index (Phi) is 38.6. The molecule has 105 heavy (non-hydrogen) atoms. The predicted molar refractivity (Wildman–Crippen MR) is 373 cm³/mol. The summed E-state index contributed by atoms with van der Waals surface area (Å²) in [4.78, 5) is 0. The van der Waals surface area contributed by atoms with Crippen molar-refractivity contribution in [2.45, 2.75) is 353 Å². The normalized spacial score (nSPS) is 43.8.